The van der Waals surface area contributed by atoms with E-state index >= 15 is 0 Å². The molecule has 1 atom stereocenters. The summed E-state index contributed by atoms with van der Waals surface area (Å²) in [6.45, 7) is 0.417. The van der Waals surface area contributed by atoms with Gasteiger partial charge in [-0.05, 0) is 31.2 Å². The second-order valence-electron chi connectivity index (χ2n) is 6.42. The maximum Gasteiger partial charge on any atom is 0.339 e. The Labute approximate surface area is 169 Å². The summed E-state index contributed by atoms with van der Waals surface area (Å²) in [4.78, 5) is 47.5. The number of ether oxygens (including phenoxy) is 2. The van der Waals surface area contributed by atoms with E-state index in [1.54, 1.807) is 24.3 Å². The molecule has 0 spiro atoms. The van der Waals surface area contributed by atoms with Crippen LogP contribution in [-0.2, 0) is 19.1 Å². The molecular weight excluding hydrogens is 396 g/mol. The maximum atomic E-state index is 12.9. The molecule has 1 N–H and O–H groups in total. The van der Waals surface area contributed by atoms with Gasteiger partial charge in [0.15, 0.2) is 5.43 Å². The summed E-state index contributed by atoms with van der Waals surface area (Å²) in [6.07, 6.45) is -1.63. The van der Waals surface area contributed by atoms with Gasteiger partial charge in [0.1, 0.15) is 31.5 Å². The van der Waals surface area contributed by atoms with Gasteiger partial charge in [0.05, 0.1) is 10.9 Å². The Morgan fingerprint density at radius 2 is 1.69 bits per heavy atom. The van der Waals surface area contributed by atoms with Crippen molar-refractivity contribution in [3.8, 4) is 0 Å². The van der Waals surface area contributed by atoms with E-state index < -0.39 is 31.3 Å². The molecule has 0 amide bonds. The van der Waals surface area contributed by atoms with Crippen LogP contribution in [0.25, 0.3) is 20.2 Å². The molecule has 3 aromatic rings. The number of fused-ring (bicyclic) bond motifs is 2. The molecule has 1 aromatic heterocycles. The van der Waals surface area contributed by atoms with Crippen LogP contribution < -0.4 is 5.43 Å². The first-order chi connectivity index (χ1) is 13.9. The fourth-order valence-electron chi connectivity index (χ4n) is 2.76. The monoisotopic (exact) mass is 414 g/mol. The molecule has 0 bridgehead atoms. The molecule has 29 heavy (non-hydrogen) atoms. The molecule has 1 heterocycles. The average molecular weight is 414 g/mol. The van der Waals surface area contributed by atoms with E-state index in [1.165, 1.54) is 24.3 Å². The summed E-state index contributed by atoms with van der Waals surface area (Å²) in [5, 5.41) is 10.6. The normalized spacial score (nSPS) is 11.9. The smallest absolute Gasteiger partial charge is 0.339 e. The number of aliphatic hydroxyl groups is 1. The summed E-state index contributed by atoms with van der Waals surface area (Å²) in [5.74, 6) is -1.88. The molecule has 1 unspecified atom stereocenters. The van der Waals surface area contributed by atoms with Crippen LogP contribution in [0.1, 0.15) is 23.7 Å². The van der Waals surface area contributed by atoms with Crippen molar-refractivity contribution >= 4 is 49.2 Å². The Bertz CT molecular complexity index is 1150. The summed E-state index contributed by atoms with van der Waals surface area (Å²) in [6, 6.07) is 12.1. The van der Waals surface area contributed by atoms with E-state index in [4.69, 9.17) is 9.47 Å². The molecule has 2 aromatic carbocycles. The predicted octanol–water partition coefficient (Wildman–Crippen LogP) is 2.45. The molecule has 3 rings (SSSR count). The van der Waals surface area contributed by atoms with E-state index in [0.717, 1.165) is 4.70 Å². The molecule has 0 radical (unpaired) electrons. The Morgan fingerprint density at radius 3 is 2.45 bits per heavy atom. The van der Waals surface area contributed by atoms with Crippen LogP contribution in [0, 0.1) is 0 Å². The highest BCUT2D eigenvalue weighted by Crippen LogP contribution is 2.26. The van der Waals surface area contributed by atoms with Gasteiger partial charge >= 0.3 is 11.9 Å². The topological polar surface area (TPSA) is 107 Å². The van der Waals surface area contributed by atoms with Crippen molar-refractivity contribution in [2.45, 2.75) is 19.4 Å². The minimum absolute atomic E-state index is 0.107. The average Bonchev–Trinajstić information content (AvgIpc) is 2.69. The number of hydrogen-bond acceptors (Lipinski definition) is 8. The highest BCUT2D eigenvalue weighted by molar-refractivity contribution is 7.24. The van der Waals surface area contributed by atoms with E-state index in [-0.39, 0.29) is 28.6 Å². The van der Waals surface area contributed by atoms with Crippen LogP contribution in [-0.4, -0.2) is 42.1 Å². The number of Topliss-reactive ketones (excluding diaryl/α,β-unsaturated/α-hetero) is 1. The highest BCUT2D eigenvalue weighted by atomic mass is 32.1. The summed E-state index contributed by atoms with van der Waals surface area (Å²) >= 11 is 1.40. The van der Waals surface area contributed by atoms with Gasteiger partial charge in [-0.3, -0.25) is 14.4 Å². The molecule has 0 aliphatic rings. The van der Waals surface area contributed by atoms with Gasteiger partial charge in [-0.15, -0.1) is 11.3 Å². The standard InChI is InChI=1S/C21H18O7S/c1-12(22)9-18(24)27-10-13(23)11-28-21(26)15-6-4-8-17-19(15)20(25)14-5-2-3-7-16(14)29-17/h2-8,13,23H,9-11H2,1H3. The Balaban J connectivity index is 1.74. The number of carbonyl (C=O) groups excluding carboxylic acids is 3. The Morgan fingerprint density at radius 1 is 1.00 bits per heavy atom. The molecule has 150 valence electrons. The number of carbonyl (C=O) groups is 3. The van der Waals surface area contributed by atoms with Gasteiger partial charge in [0.2, 0.25) is 0 Å². The zero-order chi connectivity index (χ0) is 21.0. The lowest BCUT2D eigenvalue weighted by atomic mass is 10.1. The lowest BCUT2D eigenvalue weighted by Gasteiger charge is -2.12. The van der Waals surface area contributed by atoms with Gasteiger partial charge in [-0.2, -0.15) is 0 Å². The molecule has 8 heteroatoms. The molecule has 0 saturated carbocycles. The van der Waals surface area contributed by atoms with E-state index in [9.17, 15) is 24.3 Å². The lowest BCUT2D eigenvalue weighted by molar-refractivity contribution is -0.149. The van der Waals surface area contributed by atoms with Crippen molar-refractivity contribution in [3.63, 3.8) is 0 Å². The molecule has 0 aliphatic carbocycles. The summed E-state index contributed by atoms with van der Waals surface area (Å²) in [5.41, 5.74) is -0.157. The highest BCUT2D eigenvalue weighted by Gasteiger charge is 2.18. The number of ketones is 1. The van der Waals surface area contributed by atoms with Crippen molar-refractivity contribution in [3.05, 3.63) is 58.3 Å². The fraction of sp³-hybridized carbons (Fsp3) is 0.238. The quantitative estimate of drug-likeness (QED) is 0.359. The maximum absolute atomic E-state index is 12.9. The molecule has 0 aliphatic heterocycles. The number of benzene rings is 2. The molecular formula is C21H18O7S. The summed E-state index contributed by atoms with van der Waals surface area (Å²) in [7, 11) is 0. The van der Waals surface area contributed by atoms with Crippen LogP contribution in [0.15, 0.2) is 47.3 Å². The van der Waals surface area contributed by atoms with Crippen LogP contribution >= 0.6 is 11.3 Å². The fourth-order valence-corrected chi connectivity index (χ4v) is 3.86. The number of esters is 2. The molecule has 0 fully saturated rings. The minimum atomic E-state index is -1.25. The zero-order valence-corrected chi connectivity index (χ0v) is 16.4. The van der Waals surface area contributed by atoms with E-state index in [2.05, 4.69) is 0 Å². The Kier molecular flexibility index (Phi) is 6.36. The van der Waals surface area contributed by atoms with Gasteiger partial charge < -0.3 is 14.6 Å². The first-order valence-electron chi connectivity index (χ1n) is 8.81. The first kappa shape index (κ1) is 20.6. The summed E-state index contributed by atoms with van der Waals surface area (Å²) < 4.78 is 11.3. The number of hydrogen-bond donors (Lipinski definition) is 1. The van der Waals surface area contributed by atoms with Crippen LogP contribution in [0.4, 0.5) is 0 Å². The third-order valence-electron chi connectivity index (χ3n) is 4.06. The van der Waals surface area contributed by atoms with Crippen LogP contribution in [0.3, 0.4) is 0 Å². The SMILES string of the molecule is CC(=O)CC(=O)OCC(O)COC(=O)c1cccc2sc3ccccc3c(=O)c12. The van der Waals surface area contributed by atoms with Crippen LogP contribution in [0.5, 0.6) is 0 Å². The third-order valence-corrected chi connectivity index (χ3v) is 5.20. The van der Waals surface area contributed by atoms with Gasteiger partial charge in [-0.25, -0.2) is 4.79 Å². The van der Waals surface area contributed by atoms with Crippen molar-refractivity contribution in [2.24, 2.45) is 0 Å². The first-order valence-corrected chi connectivity index (χ1v) is 9.63. The second kappa shape index (κ2) is 8.93. The van der Waals surface area contributed by atoms with Gasteiger partial charge in [0, 0.05) is 14.8 Å². The van der Waals surface area contributed by atoms with E-state index in [1.807, 2.05) is 12.1 Å². The number of rotatable bonds is 7. The second-order valence-corrected chi connectivity index (χ2v) is 7.50. The van der Waals surface area contributed by atoms with E-state index in [0.29, 0.717) is 10.1 Å². The van der Waals surface area contributed by atoms with Gasteiger partial charge in [0.25, 0.3) is 0 Å². The van der Waals surface area contributed by atoms with Crippen LogP contribution in [0.2, 0.25) is 0 Å². The van der Waals surface area contributed by atoms with Gasteiger partial charge in [-0.1, -0.05) is 18.2 Å². The predicted molar refractivity (Wildman–Crippen MR) is 108 cm³/mol. The number of aliphatic hydroxyl groups excluding tert-OH is 1. The minimum Gasteiger partial charge on any atom is -0.462 e. The largest absolute Gasteiger partial charge is 0.462 e. The molecule has 0 saturated heterocycles. The third kappa shape index (κ3) is 4.85. The lowest BCUT2D eigenvalue weighted by Crippen LogP contribution is -2.26. The van der Waals surface area contributed by atoms with Crippen molar-refractivity contribution in [1.29, 1.82) is 0 Å². The molecule has 7 nitrogen and oxygen atoms in total. The van der Waals surface area contributed by atoms with Crippen molar-refractivity contribution in [2.75, 3.05) is 13.2 Å². The van der Waals surface area contributed by atoms with Crippen molar-refractivity contribution in [1.82, 2.24) is 0 Å². The Hall–Kier alpha value is -3.10. The van der Waals surface area contributed by atoms with Crippen molar-refractivity contribution < 1.29 is 29.0 Å². The zero-order valence-electron chi connectivity index (χ0n) is 15.5.